The van der Waals surface area contributed by atoms with E-state index in [0.29, 0.717) is 12.8 Å². The van der Waals surface area contributed by atoms with Crippen LogP contribution in [0.25, 0.3) is 0 Å². The Kier molecular flexibility index (Phi) is 3.43. The lowest BCUT2D eigenvalue weighted by atomic mass is 9.43. The quantitative estimate of drug-likeness (QED) is 0.766. The minimum atomic E-state index is -5.88. The van der Waals surface area contributed by atoms with Crippen LogP contribution in [0.15, 0.2) is 0 Å². The van der Waals surface area contributed by atoms with Gasteiger partial charge in [0.2, 0.25) is 0 Å². The van der Waals surface area contributed by atoms with Crippen molar-refractivity contribution in [2.24, 2.45) is 17.3 Å². The summed E-state index contributed by atoms with van der Waals surface area (Å²) < 4.78 is 76.7. The average molecular weight is 320 g/mol. The summed E-state index contributed by atoms with van der Waals surface area (Å²) >= 11 is 0. The monoisotopic (exact) mass is 320 g/mol. The van der Waals surface area contributed by atoms with E-state index in [1.54, 1.807) is 13.8 Å². The third-order valence-corrected chi connectivity index (χ3v) is 5.54. The fourth-order valence-corrected chi connectivity index (χ4v) is 4.03. The van der Waals surface area contributed by atoms with Gasteiger partial charge in [0.15, 0.2) is 0 Å². The van der Waals surface area contributed by atoms with Crippen LogP contribution in [0, 0.1) is 17.3 Å². The van der Waals surface area contributed by atoms with E-state index in [4.69, 9.17) is 0 Å². The highest BCUT2D eigenvalue weighted by molar-refractivity contribution is 5.13. The van der Waals surface area contributed by atoms with Crippen LogP contribution in [-0.4, -0.2) is 33.8 Å². The van der Waals surface area contributed by atoms with Gasteiger partial charge in [0.1, 0.15) is 0 Å². The molecular weight excluding hydrogens is 302 g/mol. The molecule has 8 heteroatoms. The normalized spacial score (nSPS) is 36.3. The van der Waals surface area contributed by atoms with Crippen LogP contribution in [0.2, 0.25) is 0 Å². The maximum atomic E-state index is 12.8. The van der Waals surface area contributed by atoms with Crippen LogP contribution in [0.3, 0.4) is 0 Å². The highest BCUT2D eigenvalue weighted by Gasteiger charge is 2.74. The second kappa shape index (κ2) is 4.28. The minimum Gasteiger partial charge on any atom is -0.389 e. The standard InChI is InChI=1S/C13H18F6O2/c1-9(2)7-3-4-10(20,8(9)5-7)6-11(21,12(14,15)16)13(17,18)19/h7-8,20-21H,3-6H2,1-2H3. The molecule has 0 spiro atoms. The number of fused-ring (bicyclic) bond motifs is 2. The molecule has 0 aromatic rings. The maximum absolute atomic E-state index is 12.8. The minimum absolute atomic E-state index is 0.153. The van der Waals surface area contributed by atoms with Crippen molar-refractivity contribution < 1.29 is 36.6 Å². The average Bonchev–Trinajstić information content (AvgIpc) is 2.24. The van der Waals surface area contributed by atoms with E-state index in [1.807, 2.05) is 0 Å². The lowest BCUT2D eigenvalue weighted by molar-refractivity contribution is -0.385. The van der Waals surface area contributed by atoms with Gasteiger partial charge in [-0.3, -0.25) is 0 Å². The molecule has 3 unspecified atom stereocenters. The Morgan fingerprint density at radius 3 is 1.86 bits per heavy atom. The number of rotatable bonds is 2. The zero-order valence-corrected chi connectivity index (χ0v) is 11.6. The van der Waals surface area contributed by atoms with Gasteiger partial charge in [0.05, 0.1) is 5.60 Å². The molecule has 3 aliphatic carbocycles. The fraction of sp³-hybridized carbons (Fsp3) is 1.00. The molecule has 0 heterocycles. The van der Waals surface area contributed by atoms with Gasteiger partial charge in [-0.1, -0.05) is 13.8 Å². The third kappa shape index (κ3) is 2.25. The molecule has 3 fully saturated rings. The van der Waals surface area contributed by atoms with Crippen molar-refractivity contribution in [3.05, 3.63) is 0 Å². The van der Waals surface area contributed by atoms with Crippen molar-refractivity contribution >= 4 is 0 Å². The molecule has 2 N–H and O–H groups in total. The molecule has 3 aliphatic rings. The topological polar surface area (TPSA) is 40.5 Å². The first kappa shape index (κ1) is 16.9. The molecular formula is C13H18F6O2. The molecule has 3 rings (SSSR count). The Balaban J connectivity index is 2.34. The lowest BCUT2D eigenvalue weighted by Gasteiger charge is -2.64. The molecule has 0 radical (unpaired) electrons. The van der Waals surface area contributed by atoms with E-state index in [9.17, 15) is 36.6 Å². The van der Waals surface area contributed by atoms with Gasteiger partial charge in [0, 0.05) is 6.42 Å². The van der Waals surface area contributed by atoms with Crippen molar-refractivity contribution in [1.82, 2.24) is 0 Å². The van der Waals surface area contributed by atoms with Gasteiger partial charge in [-0.15, -0.1) is 0 Å². The summed E-state index contributed by atoms with van der Waals surface area (Å²) in [7, 11) is 0. The van der Waals surface area contributed by atoms with Crippen LogP contribution < -0.4 is 0 Å². The summed E-state index contributed by atoms with van der Waals surface area (Å²) in [6, 6.07) is 0. The van der Waals surface area contributed by atoms with Gasteiger partial charge in [-0.2, -0.15) is 26.3 Å². The highest BCUT2D eigenvalue weighted by Crippen LogP contribution is 2.65. The van der Waals surface area contributed by atoms with E-state index >= 15 is 0 Å². The molecule has 0 amide bonds. The SMILES string of the molecule is CC1(C)C2CCC(O)(CC(O)(C(F)(F)F)C(F)(F)F)C1C2. The number of hydrogen-bond acceptors (Lipinski definition) is 2. The van der Waals surface area contributed by atoms with Gasteiger partial charge in [-0.25, -0.2) is 0 Å². The van der Waals surface area contributed by atoms with Crippen LogP contribution in [0.4, 0.5) is 26.3 Å². The molecule has 124 valence electrons. The largest absolute Gasteiger partial charge is 0.426 e. The summed E-state index contributed by atoms with van der Waals surface area (Å²) in [6.45, 7) is 3.46. The third-order valence-electron chi connectivity index (χ3n) is 5.54. The van der Waals surface area contributed by atoms with E-state index < -0.39 is 41.3 Å². The fourth-order valence-electron chi connectivity index (χ4n) is 4.03. The van der Waals surface area contributed by atoms with E-state index in [1.165, 1.54) is 0 Å². The maximum Gasteiger partial charge on any atom is 0.426 e. The Labute approximate surface area is 118 Å². The molecule has 2 bridgehead atoms. The predicted molar refractivity (Wildman–Crippen MR) is 61.2 cm³/mol. The number of halogens is 6. The van der Waals surface area contributed by atoms with Crippen molar-refractivity contribution in [2.75, 3.05) is 0 Å². The van der Waals surface area contributed by atoms with Crippen molar-refractivity contribution in [3.8, 4) is 0 Å². The van der Waals surface area contributed by atoms with E-state index in [-0.39, 0.29) is 12.3 Å². The summed E-state index contributed by atoms with van der Waals surface area (Å²) in [5.74, 6) is -0.465. The van der Waals surface area contributed by atoms with E-state index in [0.717, 1.165) is 0 Å². The van der Waals surface area contributed by atoms with E-state index in [2.05, 4.69) is 0 Å². The zero-order valence-electron chi connectivity index (χ0n) is 11.6. The molecule has 0 saturated heterocycles. The molecule has 3 atom stereocenters. The second-order valence-corrected chi connectivity index (χ2v) is 6.98. The van der Waals surface area contributed by atoms with Crippen molar-refractivity contribution in [2.45, 2.75) is 63.1 Å². The Morgan fingerprint density at radius 1 is 1.05 bits per heavy atom. The first-order valence-electron chi connectivity index (χ1n) is 6.73. The Bertz CT molecular complexity index is 411. The molecule has 0 aromatic heterocycles. The molecule has 0 aromatic carbocycles. The molecule has 2 nitrogen and oxygen atoms in total. The van der Waals surface area contributed by atoms with Crippen molar-refractivity contribution in [1.29, 1.82) is 0 Å². The van der Waals surface area contributed by atoms with Gasteiger partial charge in [-0.05, 0) is 36.5 Å². The van der Waals surface area contributed by atoms with Gasteiger partial charge < -0.3 is 10.2 Å². The lowest BCUT2D eigenvalue weighted by Crippen LogP contribution is -2.67. The molecule has 3 saturated carbocycles. The van der Waals surface area contributed by atoms with Crippen LogP contribution in [0.1, 0.15) is 39.5 Å². The molecule has 21 heavy (non-hydrogen) atoms. The number of alkyl halides is 6. The van der Waals surface area contributed by atoms with Crippen molar-refractivity contribution in [3.63, 3.8) is 0 Å². The predicted octanol–water partition coefficient (Wildman–Crippen LogP) is 3.42. The zero-order chi connectivity index (χ0) is 16.5. The first-order valence-corrected chi connectivity index (χ1v) is 6.73. The summed E-state index contributed by atoms with van der Waals surface area (Å²) in [5, 5.41) is 19.7. The van der Waals surface area contributed by atoms with Gasteiger partial charge >= 0.3 is 12.4 Å². The van der Waals surface area contributed by atoms with Crippen LogP contribution in [0.5, 0.6) is 0 Å². The summed E-state index contributed by atoms with van der Waals surface area (Å²) in [5.41, 5.74) is -7.55. The number of aliphatic hydroxyl groups is 2. The summed E-state index contributed by atoms with van der Waals surface area (Å²) in [4.78, 5) is 0. The smallest absolute Gasteiger partial charge is 0.389 e. The highest BCUT2D eigenvalue weighted by atomic mass is 19.4. The Hall–Kier alpha value is -0.500. The first-order chi connectivity index (χ1) is 9.15. The van der Waals surface area contributed by atoms with Gasteiger partial charge in [0.25, 0.3) is 5.60 Å². The molecule has 0 aliphatic heterocycles. The second-order valence-electron chi connectivity index (χ2n) is 6.98. The van der Waals surface area contributed by atoms with Crippen LogP contribution >= 0.6 is 0 Å². The summed E-state index contributed by atoms with van der Waals surface area (Å²) in [6.07, 6.45) is -12.9. The number of hydrogen-bond donors (Lipinski definition) is 2. The Morgan fingerprint density at radius 2 is 1.52 bits per heavy atom. The van der Waals surface area contributed by atoms with Crippen LogP contribution in [-0.2, 0) is 0 Å².